The molecule has 0 aliphatic carbocycles. The number of benzene rings is 1. The minimum absolute atomic E-state index is 0.374. The first-order valence-electron chi connectivity index (χ1n) is 4.93. The Balaban J connectivity index is 2.46. The van der Waals surface area contributed by atoms with E-state index in [1.54, 1.807) is 12.4 Å². The Morgan fingerprint density at radius 2 is 2.18 bits per heavy atom. The fourth-order valence-corrected chi connectivity index (χ4v) is 2.21. The minimum atomic E-state index is -0.374. The third-order valence-corrected chi connectivity index (χ3v) is 3.15. The van der Waals surface area contributed by atoms with Crippen molar-refractivity contribution in [3.05, 3.63) is 45.5 Å². The molecule has 0 radical (unpaired) electrons. The van der Waals surface area contributed by atoms with Gasteiger partial charge in [0.05, 0.1) is 17.4 Å². The summed E-state index contributed by atoms with van der Waals surface area (Å²) in [5, 5.41) is 7.46. The number of H-pyrrole nitrogens is 2. The Hall–Kier alpha value is -1.95. The molecule has 6 heteroatoms. The molecule has 0 aliphatic rings. The van der Waals surface area contributed by atoms with Crippen LogP contribution in [0.1, 0.15) is 0 Å². The van der Waals surface area contributed by atoms with Crippen LogP contribution in [0.2, 0.25) is 0 Å². The molecule has 2 aromatic heterocycles. The van der Waals surface area contributed by atoms with Gasteiger partial charge in [-0.05, 0) is 22.0 Å². The number of fused-ring (bicyclic) bond motifs is 1. The molecule has 0 amide bonds. The molecule has 0 saturated carbocycles. The van der Waals surface area contributed by atoms with Crippen LogP contribution in [0.3, 0.4) is 0 Å². The number of hydrogen-bond donors (Lipinski definition) is 2. The standard InChI is InChI=1S/C11H7BrN4O/c12-8-3-1-2-7-9(6-4-13-14-5-6)15-11(17)16-10(7)8/h1-5H,(H,13,14)(H,15,16,17). The lowest BCUT2D eigenvalue weighted by Crippen LogP contribution is -2.11. The maximum absolute atomic E-state index is 11.5. The van der Waals surface area contributed by atoms with Crippen molar-refractivity contribution in [2.75, 3.05) is 0 Å². The molecule has 84 valence electrons. The zero-order valence-corrected chi connectivity index (χ0v) is 10.2. The molecular weight excluding hydrogens is 284 g/mol. The van der Waals surface area contributed by atoms with Crippen molar-refractivity contribution >= 4 is 26.8 Å². The molecule has 2 heterocycles. The molecular formula is C11H7BrN4O. The zero-order valence-electron chi connectivity index (χ0n) is 8.57. The van der Waals surface area contributed by atoms with E-state index in [1.807, 2.05) is 18.2 Å². The van der Waals surface area contributed by atoms with Gasteiger partial charge in [0.15, 0.2) is 0 Å². The number of hydrogen-bond acceptors (Lipinski definition) is 3. The predicted octanol–water partition coefficient (Wildman–Crippen LogP) is 2.08. The number of nitrogens with zero attached hydrogens (tertiary/aromatic N) is 2. The highest BCUT2D eigenvalue weighted by molar-refractivity contribution is 9.10. The number of halogens is 1. The second-order valence-electron chi connectivity index (χ2n) is 3.54. The lowest BCUT2D eigenvalue weighted by Gasteiger charge is -2.04. The fraction of sp³-hybridized carbons (Fsp3) is 0. The van der Waals surface area contributed by atoms with Gasteiger partial charge in [0.2, 0.25) is 0 Å². The molecule has 0 saturated heterocycles. The molecule has 0 unspecified atom stereocenters. The third kappa shape index (κ3) is 1.66. The average molecular weight is 291 g/mol. The van der Waals surface area contributed by atoms with Crippen LogP contribution in [0.4, 0.5) is 0 Å². The van der Waals surface area contributed by atoms with Crippen molar-refractivity contribution in [1.82, 2.24) is 20.2 Å². The van der Waals surface area contributed by atoms with Crippen LogP contribution in [0.25, 0.3) is 22.2 Å². The lowest BCUT2D eigenvalue weighted by atomic mass is 10.1. The smallest absolute Gasteiger partial charge is 0.304 e. The summed E-state index contributed by atoms with van der Waals surface area (Å²) < 4.78 is 0.833. The van der Waals surface area contributed by atoms with E-state index in [2.05, 4.69) is 36.1 Å². The average Bonchev–Trinajstić information content (AvgIpc) is 2.83. The molecule has 0 atom stereocenters. The van der Waals surface area contributed by atoms with E-state index in [0.29, 0.717) is 5.69 Å². The van der Waals surface area contributed by atoms with Gasteiger partial charge in [0, 0.05) is 21.6 Å². The van der Waals surface area contributed by atoms with Gasteiger partial charge in [-0.2, -0.15) is 10.1 Å². The quantitative estimate of drug-likeness (QED) is 0.720. The summed E-state index contributed by atoms with van der Waals surface area (Å²) >= 11 is 3.41. The summed E-state index contributed by atoms with van der Waals surface area (Å²) in [4.78, 5) is 18.2. The van der Waals surface area contributed by atoms with Crippen molar-refractivity contribution in [3.63, 3.8) is 0 Å². The Morgan fingerprint density at radius 1 is 1.29 bits per heavy atom. The predicted molar refractivity (Wildman–Crippen MR) is 67.6 cm³/mol. The largest absolute Gasteiger partial charge is 0.346 e. The summed E-state index contributed by atoms with van der Waals surface area (Å²) in [6.45, 7) is 0. The molecule has 1 aromatic carbocycles. The normalized spacial score (nSPS) is 10.9. The summed E-state index contributed by atoms with van der Waals surface area (Å²) in [6.07, 6.45) is 3.35. The van der Waals surface area contributed by atoms with E-state index in [0.717, 1.165) is 20.9 Å². The van der Waals surface area contributed by atoms with Crippen molar-refractivity contribution in [2.24, 2.45) is 0 Å². The van der Waals surface area contributed by atoms with Gasteiger partial charge in [-0.25, -0.2) is 4.79 Å². The Labute approximate surface area is 104 Å². The van der Waals surface area contributed by atoms with Crippen molar-refractivity contribution in [3.8, 4) is 11.3 Å². The van der Waals surface area contributed by atoms with E-state index in [1.165, 1.54) is 0 Å². The van der Waals surface area contributed by atoms with Crippen molar-refractivity contribution in [2.45, 2.75) is 0 Å². The van der Waals surface area contributed by atoms with Gasteiger partial charge in [0.25, 0.3) is 0 Å². The first-order valence-corrected chi connectivity index (χ1v) is 5.73. The molecule has 5 nitrogen and oxygen atoms in total. The summed E-state index contributed by atoms with van der Waals surface area (Å²) in [5.74, 6) is 0. The zero-order chi connectivity index (χ0) is 11.8. The molecule has 3 rings (SSSR count). The van der Waals surface area contributed by atoms with E-state index < -0.39 is 0 Å². The Bertz CT molecular complexity index is 733. The van der Waals surface area contributed by atoms with Gasteiger partial charge in [-0.3, -0.25) is 5.10 Å². The first kappa shape index (κ1) is 10.2. The molecule has 17 heavy (non-hydrogen) atoms. The van der Waals surface area contributed by atoms with Gasteiger partial charge >= 0.3 is 5.69 Å². The van der Waals surface area contributed by atoms with Gasteiger partial charge in [-0.1, -0.05) is 12.1 Å². The Morgan fingerprint density at radius 3 is 2.94 bits per heavy atom. The molecule has 3 aromatic rings. The number of para-hydroxylation sites is 1. The van der Waals surface area contributed by atoms with Gasteiger partial charge < -0.3 is 4.98 Å². The highest BCUT2D eigenvalue weighted by Crippen LogP contribution is 2.27. The number of rotatable bonds is 1. The van der Waals surface area contributed by atoms with Crippen LogP contribution in [-0.4, -0.2) is 20.2 Å². The first-order chi connectivity index (χ1) is 8.25. The molecule has 2 N–H and O–H groups in total. The Kier molecular flexibility index (Phi) is 2.29. The maximum Gasteiger partial charge on any atom is 0.346 e. The van der Waals surface area contributed by atoms with Gasteiger partial charge in [-0.15, -0.1) is 0 Å². The molecule has 0 aliphatic heterocycles. The monoisotopic (exact) mass is 290 g/mol. The lowest BCUT2D eigenvalue weighted by molar-refractivity contribution is 1.09. The van der Waals surface area contributed by atoms with E-state index in [9.17, 15) is 4.79 Å². The third-order valence-electron chi connectivity index (χ3n) is 2.49. The SMILES string of the molecule is O=c1nc(-c2cn[nH]c2)c2cccc(Br)c2[nH]1. The van der Waals surface area contributed by atoms with E-state index in [4.69, 9.17) is 0 Å². The van der Waals surface area contributed by atoms with E-state index >= 15 is 0 Å². The highest BCUT2D eigenvalue weighted by atomic mass is 79.9. The topological polar surface area (TPSA) is 74.4 Å². The van der Waals surface area contributed by atoms with Crippen LogP contribution in [0, 0.1) is 0 Å². The molecule has 0 bridgehead atoms. The minimum Gasteiger partial charge on any atom is -0.304 e. The highest BCUT2D eigenvalue weighted by Gasteiger charge is 2.09. The number of nitrogens with one attached hydrogen (secondary N) is 2. The second-order valence-corrected chi connectivity index (χ2v) is 4.39. The van der Waals surface area contributed by atoms with Crippen LogP contribution in [-0.2, 0) is 0 Å². The van der Waals surface area contributed by atoms with Crippen LogP contribution in [0.15, 0.2) is 39.9 Å². The van der Waals surface area contributed by atoms with Crippen molar-refractivity contribution < 1.29 is 0 Å². The summed E-state index contributed by atoms with van der Waals surface area (Å²) in [7, 11) is 0. The summed E-state index contributed by atoms with van der Waals surface area (Å²) in [5.41, 5.74) is 1.78. The molecule has 0 spiro atoms. The van der Waals surface area contributed by atoms with Gasteiger partial charge in [0.1, 0.15) is 0 Å². The fourth-order valence-electron chi connectivity index (χ4n) is 1.75. The van der Waals surface area contributed by atoms with Crippen LogP contribution in [0.5, 0.6) is 0 Å². The number of aromatic nitrogens is 4. The van der Waals surface area contributed by atoms with Crippen LogP contribution >= 0.6 is 15.9 Å². The van der Waals surface area contributed by atoms with E-state index in [-0.39, 0.29) is 5.69 Å². The summed E-state index contributed by atoms with van der Waals surface area (Å²) in [6, 6.07) is 5.68. The maximum atomic E-state index is 11.5. The second kappa shape index (κ2) is 3.81. The van der Waals surface area contributed by atoms with Crippen LogP contribution < -0.4 is 5.69 Å². The number of aromatic amines is 2. The molecule has 0 fully saturated rings. The van der Waals surface area contributed by atoms with Crippen molar-refractivity contribution in [1.29, 1.82) is 0 Å².